The number of rotatable bonds is 2. The largest absolute Gasteiger partial charge is 0.264 e. The summed E-state index contributed by atoms with van der Waals surface area (Å²) in [7, 11) is 0. The van der Waals surface area contributed by atoms with Crippen molar-refractivity contribution >= 4 is 22.7 Å². The molecule has 0 aromatic carbocycles. The third-order valence-electron chi connectivity index (χ3n) is 2.32. The molecule has 3 aromatic rings. The Labute approximate surface area is 102 Å². The molecule has 16 heavy (non-hydrogen) atoms. The molecule has 1 nitrogen and oxygen atoms in total. The summed E-state index contributed by atoms with van der Waals surface area (Å²) in [4.78, 5) is 8.08. The molecule has 0 saturated heterocycles. The fraction of sp³-hybridized carbons (Fsp3) is 0. The molecule has 0 N–H and O–H groups in total. The van der Waals surface area contributed by atoms with E-state index in [1.807, 2.05) is 23.6 Å². The summed E-state index contributed by atoms with van der Waals surface area (Å²) in [6, 6.07) is 12.7. The molecule has 0 saturated carbocycles. The Morgan fingerprint density at radius 3 is 2.56 bits per heavy atom. The minimum atomic E-state index is 1.19. The average molecular weight is 243 g/mol. The molecule has 0 bridgehead atoms. The van der Waals surface area contributed by atoms with E-state index in [4.69, 9.17) is 0 Å². The zero-order chi connectivity index (χ0) is 10.8. The van der Waals surface area contributed by atoms with Gasteiger partial charge in [-0.3, -0.25) is 4.98 Å². The second-order valence-corrected chi connectivity index (χ2v) is 5.41. The molecule has 0 aliphatic carbocycles. The van der Waals surface area contributed by atoms with Crippen molar-refractivity contribution in [3.8, 4) is 20.2 Å². The van der Waals surface area contributed by atoms with Crippen LogP contribution in [0, 0.1) is 0 Å². The van der Waals surface area contributed by atoms with Crippen molar-refractivity contribution in [3.05, 3.63) is 54.2 Å². The minimum Gasteiger partial charge on any atom is -0.264 e. The zero-order valence-electron chi connectivity index (χ0n) is 8.46. The third kappa shape index (κ3) is 1.79. The first-order chi connectivity index (χ1) is 7.93. The standard InChI is InChI=1S/C13H9NS2/c1-3-10(9-14-7-1)11-5-6-13(16-11)12-4-2-8-15-12/h1-9H. The Balaban J connectivity index is 2.00. The van der Waals surface area contributed by atoms with E-state index in [-0.39, 0.29) is 0 Å². The van der Waals surface area contributed by atoms with Gasteiger partial charge in [0.05, 0.1) is 0 Å². The Morgan fingerprint density at radius 2 is 1.81 bits per heavy atom. The maximum absolute atomic E-state index is 4.14. The van der Waals surface area contributed by atoms with Crippen molar-refractivity contribution in [1.82, 2.24) is 4.98 Å². The second kappa shape index (κ2) is 4.20. The van der Waals surface area contributed by atoms with Crippen LogP contribution in [0.25, 0.3) is 20.2 Å². The maximum Gasteiger partial charge on any atom is 0.0449 e. The maximum atomic E-state index is 4.14. The van der Waals surface area contributed by atoms with E-state index in [0.29, 0.717) is 0 Å². The molecule has 0 atom stereocenters. The first-order valence-electron chi connectivity index (χ1n) is 4.97. The first kappa shape index (κ1) is 9.75. The van der Waals surface area contributed by atoms with E-state index >= 15 is 0 Å². The van der Waals surface area contributed by atoms with Crippen LogP contribution in [0.4, 0.5) is 0 Å². The molecule has 3 heterocycles. The second-order valence-electron chi connectivity index (χ2n) is 3.38. The van der Waals surface area contributed by atoms with Gasteiger partial charge in [0.1, 0.15) is 0 Å². The van der Waals surface area contributed by atoms with Gasteiger partial charge in [-0.1, -0.05) is 12.1 Å². The van der Waals surface area contributed by atoms with Gasteiger partial charge in [-0.2, -0.15) is 0 Å². The smallest absolute Gasteiger partial charge is 0.0449 e. The minimum absolute atomic E-state index is 1.19. The topological polar surface area (TPSA) is 12.9 Å². The predicted molar refractivity (Wildman–Crippen MR) is 70.9 cm³/mol. The van der Waals surface area contributed by atoms with E-state index in [1.165, 1.54) is 20.2 Å². The molecule has 0 amide bonds. The fourth-order valence-corrected chi connectivity index (χ4v) is 3.38. The Hall–Kier alpha value is -1.45. The highest BCUT2D eigenvalue weighted by Crippen LogP contribution is 2.35. The van der Waals surface area contributed by atoms with Gasteiger partial charge in [-0.15, -0.1) is 22.7 Å². The molecule has 3 rings (SSSR count). The molecule has 3 aromatic heterocycles. The van der Waals surface area contributed by atoms with Crippen molar-refractivity contribution in [2.45, 2.75) is 0 Å². The normalized spacial score (nSPS) is 10.5. The SMILES string of the molecule is c1cncc(-c2ccc(-c3cccs3)s2)c1. The average Bonchev–Trinajstić information content (AvgIpc) is 3.01. The van der Waals surface area contributed by atoms with Gasteiger partial charge in [0.25, 0.3) is 0 Å². The lowest BCUT2D eigenvalue weighted by molar-refractivity contribution is 1.33. The van der Waals surface area contributed by atoms with E-state index < -0.39 is 0 Å². The fourth-order valence-electron chi connectivity index (χ4n) is 1.55. The van der Waals surface area contributed by atoms with Crippen LogP contribution in [0.3, 0.4) is 0 Å². The van der Waals surface area contributed by atoms with Crippen LogP contribution in [0.1, 0.15) is 0 Å². The number of aromatic nitrogens is 1. The van der Waals surface area contributed by atoms with Crippen LogP contribution in [-0.4, -0.2) is 4.98 Å². The lowest BCUT2D eigenvalue weighted by Crippen LogP contribution is -1.72. The molecule has 78 valence electrons. The summed E-state index contributed by atoms with van der Waals surface area (Å²) < 4.78 is 0. The van der Waals surface area contributed by atoms with Crippen molar-refractivity contribution in [2.24, 2.45) is 0 Å². The number of thiophene rings is 2. The Kier molecular flexibility index (Phi) is 2.56. The van der Waals surface area contributed by atoms with Gasteiger partial charge in [0.2, 0.25) is 0 Å². The molecule has 0 unspecified atom stereocenters. The summed E-state index contributed by atoms with van der Waals surface area (Å²) in [5.41, 5.74) is 1.19. The van der Waals surface area contributed by atoms with Crippen molar-refractivity contribution < 1.29 is 0 Å². The summed E-state index contributed by atoms with van der Waals surface area (Å²) in [5.74, 6) is 0. The molecule has 3 heteroatoms. The van der Waals surface area contributed by atoms with Crippen LogP contribution in [0.15, 0.2) is 54.2 Å². The lowest BCUT2D eigenvalue weighted by atomic mass is 10.2. The summed E-state index contributed by atoms with van der Waals surface area (Å²) in [5, 5.41) is 2.11. The van der Waals surface area contributed by atoms with Crippen LogP contribution >= 0.6 is 22.7 Å². The summed E-state index contributed by atoms with van der Waals surface area (Å²) in [6.07, 6.45) is 3.71. The van der Waals surface area contributed by atoms with E-state index in [2.05, 4.69) is 40.7 Å². The van der Waals surface area contributed by atoms with Crippen molar-refractivity contribution in [3.63, 3.8) is 0 Å². The van der Waals surface area contributed by atoms with Gasteiger partial charge in [-0.05, 0) is 29.6 Å². The number of pyridine rings is 1. The Bertz CT molecular complexity index is 567. The molecule has 0 spiro atoms. The van der Waals surface area contributed by atoms with Crippen LogP contribution in [0.5, 0.6) is 0 Å². The van der Waals surface area contributed by atoms with E-state index in [9.17, 15) is 0 Å². The van der Waals surface area contributed by atoms with E-state index in [1.54, 1.807) is 17.5 Å². The van der Waals surface area contributed by atoms with Crippen molar-refractivity contribution in [1.29, 1.82) is 0 Å². The molecule has 0 fully saturated rings. The summed E-state index contributed by atoms with van der Waals surface area (Å²) >= 11 is 3.59. The quantitative estimate of drug-likeness (QED) is 0.644. The van der Waals surface area contributed by atoms with E-state index in [0.717, 1.165) is 0 Å². The first-order valence-corrected chi connectivity index (χ1v) is 6.67. The highest BCUT2D eigenvalue weighted by molar-refractivity contribution is 7.23. The molecular weight excluding hydrogens is 234 g/mol. The highest BCUT2D eigenvalue weighted by Gasteiger charge is 2.05. The molecular formula is C13H9NS2. The summed E-state index contributed by atoms with van der Waals surface area (Å²) in [6.45, 7) is 0. The van der Waals surface area contributed by atoms with Crippen LogP contribution < -0.4 is 0 Å². The van der Waals surface area contributed by atoms with Crippen LogP contribution in [-0.2, 0) is 0 Å². The lowest BCUT2D eigenvalue weighted by Gasteiger charge is -1.94. The zero-order valence-corrected chi connectivity index (χ0v) is 10.1. The molecule has 0 radical (unpaired) electrons. The predicted octanol–water partition coefficient (Wildman–Crippen LogP) is 4.54. The monoisotopic (exact) mass is 243 g/mol. The van der Waals surface area contributed by atoms with Crippen molar-refractivity contribution in [2.75, 3.05) is 0 Å². The molecule has 0 aliphatic rings. The number of hydrogen-bond donors (Lipinski definition) is 0. The van der Waals surface area contributed by atoms with Gasteiger partial charge >= 0.3 is 0 Å². The van der Waals surface area contributed by atoms with Crippen LogP contribution in [0.2, 0.25) is 0 Å². The van der Waals surface area contributed by atoms with Gasteiger partial charge < -0.3 is 0 Å². The number of nitrogens with zero attached hydrogens (tertiary/aromatic N) is 1. The van der Waals surface area contributed by atoms with Gasteiger partial charge in [0.15, 0.2) is 0 Å². The van der Waals surface area contributed by atoms with Gasteiger partial charge in [0, 0.05) is 32.6 Å². The third-order valence-corrected chi connectivity index (χ3v) is 4.52. The van der Waals surface area contributed by atoms with Gasteiger partial charge in [-0.25, -0.2) is 0 Å². The number of hydrogen-bond acceptors (Lipinski definition) is 3. The Morgan fingerprint density at radius 1 is 0.875 bits per heavy atom. The highest BCUT2D eigenvalue weighted by atomic mass is 32.1. The molecule has 0 aliphatic heterocycles.